The molecule has 2 aromatic rings. The number of fused-ring (bicyclic) bond motifs is 2. The van der Waals surface area contributed by atoms with Gasteiger partial charge in [-0.2, -0.15) is 0 Å². The van der Waals surface area contributed by atoms with Gasteiger partial charge in [-0.25, -0.2) is 0 Å². The Hall–Kier alpha value is -1.20. The molecule has 4 rings (SSSR count). The molecule has 0 aromatic heterocycles. The molecule has 1 heteroatoms. The van der Waals surface area contributed by atoms with Crippen molar-refractivity contribution in [2.45, 2.75) is 54.0 Å². The third-order valence-electron chi connectivity index (χ3n) is 6.35. The Balaban J connectivity index is 1.36. The summed E-state index contributed by atoms with van der Waals surface area (Å²) < 4.78 is 0.531. The predicted octanol–water partition coefficient (Wildman–Crippen LogP) is 7.28. The number of rotatable bonds is 7. The molecule has 2 aromatic carbocycles. The quantitative estimate of drug-likeness (QED) is 0.443. The van der Waals surface area contributed by atoms with Crippen LogP contribution in [0.3, 0.4) is 0 Å². The average molecular weight is 419 g/mol. The molecular formula is C25H27Zr. The van der Waals surface area contributed by atoms with Crippen LogP contribution in [0.4, 0.5) is 0 Å². The van der Waals surface area contributed by atoms with E-state index in [1.54, 1.807) is 24.7 Å². The summed E-state index contributed by atoms with van der Waals surface area (Å²) in [6.07, 6.45) is 16.1. The van der Waals surface area contributed by atoms with Gasteiger partial charge in [0.25, 0.3) is 0 Å². The molecule has 26 heavy (non-hydrogen) atoms. The van der Waals surface area contributed by atoms with Gasteiger partial charge in [-0.3, -0.25) is 0 Å². The summed E-state index contributed by atoms with van der Waals surface area (Å²) in [5, 5.41) is 0. The van der Waals surface area contributed by atoms with Crippen molar-refractivity contribution in [3.63, 3.8) is 0 Å². The first-order valence-corrected chi connectivity index (χ1v) is 11.2. The fourth-order valence-electron chi connectivity index (χ4n) is 4.49. The van der Waals surface area contributed by atoms with Crippen molar-refractivity contribution in [1.29, 1.82) is 0 Å². The van der Waals surface area contributed by atoms with E-state index in [1.165, 1.54) is 54.4 Å². The molecule has 0 amide bonds. The summed E-state index contributed by atoms with van der Waals surface area (Å²) in [7, 11) is 0. The van der Waals surface area contributed by atoms with Crippen molar-refractivity contribution in [2.75, 3.05) is 0 Å². The van der Waals surface area contributed by atoms with Gasteiger partial charge in [0.2, 0.25) is 0 Å². The number of hydrogen-bond acceptors (Lipinski definition) is 0. The molecule has 0 nitrogen and oxygen atoms in total. The molecule has 0 heterocycles. The van der Waals surface area contributed by atoms with Crippen LogP contribution in [0.2, 0.25) is 3.12 Å². The second-order valence-corrected chi connectivity index (χ2v) is 10.5. The zero-order chi connectivity index (χ0) is 18.0. The Morgan fingerprint density at radius 1 is 0.769 bits per heavy atom. The van der Waals surface area contributed by atoms with Crippen LogP contribution in [-0.2, 0) is 24.7 Å². The van der Waals surface area contributed by atoms with E-state index >= 15 is 0 Å². The minimum atomic E-state index is 0.531. The van der Waals surface area contributed by atoms with Gasteiger partial charge >= 0.3 is 174 Å². The van der Waals surface area contributed by atoms with Crippen LogP contribution in [0.5, 0.6) is 0 Å². The molecule has 0 aliphatic heterocycles. The monoisotopic (exact) mass is 417 g/mol. The average Bonchev–Trinajstić information content (AvgIpc) is 3.29. The number of hydrogen-bond donors (Lipinski definition) is 0. The molecule has 2 aliphatic rings. The van der Waals surface area contributed by atoms with Gasteiger partial charge in [0.1, 0.15) is 0 Å². The first kappa shape index (κ1) is 18.2. The second kappa shape index (κ2) is 7.81. The molecule has 0 saturated heterocycles. The van der Waals surface area contributed by atoms with Crippen molar-refractivity contribution in [2.24, 2.45) is 0 Å². The van der Waals surface area contributed by atoms with Crippen molar-refractivity contribution < 1.29 is 24.7 Å². The SMILES string of the molecule is CC[C]([Zr])(CCC1C=Cc2ccccc21)CCC1C=Cc2ccccc21. The van der Waals surface area contributed by atoms with Gasteiger partial charge in [0.05, 0.1) is 0 Å². The first-order chi connectivity index (χ1) is 12.7. The summed E-state index contributed by atoms with van der Waals surface area (Å²) in [6, 6.07) is 17.8. The summed E-state index contributed by atoms with van der Waals surface area (Å²) in [4.78, 5) is 0. The van der Waals surface area contributed by atoms with E-state index in [9.17, 15) is 0 Å². The van der Waals surface area contributed by atoms with Gasteiger partial charge in [-0.1, -0.05) is 0 Å². The molecule has 0 bridgehead atoms. The zero-order valence-electron chi connectivity index (χ0n) is 15.6. The summed E-state index contributed by atoms with van der Waals surface area (Å²) >= 11 is 1.72. The van der Waals surface area contributed by atoms with Crippen LogP contribution in [-0.4, -0.2) is 0 Å². The maximum atomic E-state index is 2.42. The Labute approximate surface area is 173 Å². The number of allylic oxidation sites excluding steroid dienone is 2. The van der Waals surface area contributed by atoms with E-state index in [4.69, 9.17) is 0 Å². The summed E-state index contributed by atoms with van der Waals surface area (Å²) in [5.41, 5.74) is 5.93. The topological polar surface area (TPSA) is 0 Å². The van der Waals surface area contributed by atoms with Gasteiger partial charge < -0.3 is 0 Å². The molecule has 2 aliphatic carbocycles. The molecule has 2 unspecified atom stereocenters. The Kier molecular flexibility index (Phi) is 5.46. The first-order valence-electron chi connectivity index (χ1n) is 9.98. The fraction of sp³-hybridized carbons (Fsp3) is 0.360. The zero-order valence-corrected chi connectivity index (χ0v) is 18.1. The van der Waals surface area contributed by atoms with Crippen molar-refractivity contribution in [1.82, 2.24) is 0 Å². The summed E-state index contributed by atoms with van der Waals surface area (Å²) in [5.74, 6) is 1.26. The van der Waals surface area contributed by atoms with Crippen molar-refractivity contribution >= 4 is 12.2 Å². The van der Waals surface area contributed by atoms with E-state index in [0.717, 1.165) is 0 Å². The minimum absolute atomic E-state index is 0.531. The predicted molar refractivity (Wildman–Crippen MR) is 108 cm³/mol. The second-order valence-electron chi connectivity index (χ2n) is 7.90. The molecule has 0 N–H and O–H groups in total. The van der Waals surface area contributed by atoms with Gasteiger partial charge in [0.15, 0.2) is 0 Å². The van der Waals surface area contributed by atoms with Crippen LogP contribution in [0.15, 0.2) is 60.7 Å². The van der Waals surface area contributed by atoms with E-state index in [-0.39, 0.29) is 0 Å². The number of benzene rings is 2. The molecule has 2 atom stereocenters. The van der Waals surface area contributed by atoms with Crippen LogP contribution in [0.25, 0.3) is 12.2 Å². The molecule has 0 fully saturated rings. The molecular weight excluding hydrogens is 391 g/mol. The van der Waals surface area contributed by atoms with Gasteiger partial charge in [0, 0.05) is 0 Å². The normalized spacial score (nSPS) is 22.2. The van der Waals surface area contributed by atoms with Crippen LogP contribution in [0, 0.1) is 0 Å². The Morgan fingerprint density at radius 2 is 1.23 bits per heavy atom. The summed E-state index contributed by atoms with van der Waals surface area (Å²) in [6.45, 7) is 2.39. The van der Waals surface area contributed by atoms with E-state index < -0.39 is 0 Å². The third kappa shape index (κ3) is 3.74. The maximum absolute atomic E-state index is 2.42. The van der Waals surface area contributed by atoms with Crippen LogP contribution in [0.1, 0.15) is 73.1 Å². The fourth-order valence-corrected chi connectivity index (χ4v) is 5.20. The molecule has 0 spiro atoms. The van der Waals surface area contributed by atoms with Crippen LogP contribution >= 0.6 is 0 Å². The van der Waals surface area contributed by atoms with Gasteiger partial charge in [-0.05, 0) is 0 Å². The van der Waals surface area contributed by atoms with Gasteiger partial charge in [-0.15, -0.1) is 0 Å². The standard InChI is InChI=1S/C25H27.Zr/c1-2-19(11-13-22-17-15-20-7-3-5-9-24(20)22)12-14-23-18-16-21-8-4-6-10-25(21)23;/h3-10,15-18,22-23H,2,11-14H2,1H3;. The van der Waals surface area contributed by atoms with E-state index in [2.05, 4.69) is 79.8 Å². The van der Waals surface area contributed by atoms with Crippen molar-refractivity contribution in [3.05, 3.63) is 82.9 Å². The Morgan fingerprint density at radius 3 is 1.69 bits per heavy atom. The van der Waals surface area contributed by atoms with Crippen molar-refractivity contribution in [3.8, 4) is 0 Å². The third-order valence-corrected chi connectivity index (χ3v) is 8.45. The molecule has 131 valence electrons. The van der Waals surface area contributed by atoms with E-state index in [0.29, 0.717) is 15.0 Å². The Bertz CT molecular complexity index is 764. The van der Waals surface area contributed by atoms with E-state index in [1.807, 2.05) is 0 Å². The van der Waals surface area contributed by atoms with Crippen LogP contribution < -0.4 is 0 Å². The molecule has 0 radical (unpaired) electrons. The molecule has 0 saturated carbocycles.